The second-order valence-corrected chi connectivity index (χ2v) is 2.15. The van der Waals surface area contributed by atoms with E-state index in [2.05, 4.69) is 21.1 Å². The van der Waals surface area contributed by atoms with Crippen molar-refractivity contribution < 1.29 is 4.92 Å². The van der Waals surface area contributed by atoms with E-state index in [0.29, 0.717) is 0 Å². The normalized spacial score (nSPS) is 9.44. The number of rotatable bonds is 1. The monoisotopic (exact) mass is 191 g/mol. The SMILES string of the molecule is O=[N+]([O-])c1cn(Br)cn1. The first-order chi connectivity index (χ1) is 4.20. The molecular formula is C3H2BrN3O2. The maximum atomic E-state index is 9.92. The minimum Gasteiger partial charge on any atom is -0.358 e. The highest BCUT2D eigenvalue weighted by atomic mass is 79.9. The lowest BCUT2D eigenvalue weighted by molar-refractivity contribution is -0.389. The zero-order valence-corrected chi connectivity index (χ0v) is 5.78. The zero-order valence-electron chi connectivity index (χ0n) is 4.19. The molecule has 1 aromatic rings. The van der Waals surface area contributed by atoms with Crippen molar-refractivity contribution in [1.82, 2.24) is 8.58 Å². The molecule has 1 rings (SSSR count). The van der Waals surface area contributed by atoms with Gasteiger partial charge in [0.1, 0.15) is 6.20 Å². The molecule has 0 fully saturated rings. The molecule has 0 unspecified atom stereocenters. The van der Waals surface area contributed by atoms with E-state index >= 15 is 0 Å². The summed E-state index contributed by atoms with van der Waals surface area (Å²) < 4.78 is 1.34. The van der Waals surface area contributed by atoms with Gasteiger partial charge in [-0.15, -0.1) is 0 Å². The van der Waals surface area contributed by atoms with E-state index in [1.165, 1.54) is 16.1 Å². The Hall–Kier alpha value is -0.910. The first kappa shape index (κ1) is 6.21. The predicted molar refractivity (Wildman–Crippen MR) is 33.2 cm³/mol. The molecule has 0 aliphatic heterocycles. The molecule has 0 amide bonds. The van der Waals surface area contributed by atoms with Crippen LogP contribution in [0.5, 0.6) is 0 Å². The van der Waals surface area contributed by atoms with Crippen LogP contribution in [0.2, 0.25) is 0 Å². The van der Waals surface area contributed by atoms with Crippen LogP contribution in [0.25, 0.3) is 0 Å². The Bertz CT molecular complexity index is 233. The lowest BCUT2D eigenvalue weighted by atomic mass is 10.8. The van der Waals surface area contributed by atoms with Crippen molar-refractivity contribution in [1.29, 1.82) is 0 Å². The Balaban J connectivity index is 2.98. The Morgan fingerprint density at radius 3 is 2.78 bits per heavy atom. The summed E-state index contributed by atoms with van der Waals surface area (Å²) in [6, 6.07) is 0. The number of nitrogens with zero attached hydrogens (tertiary/aromatic N) is 3. The van der Waals surface area contributed by atoms with Gasteiger partial charge in [0.25, 0.3) is 0 Å². The molecule has 0 aliphatic carbocycles. The molecule has 0 bridgehead atoms. The average molecular weight is 192 g/mol. The number of aromatic nitrogens is 2. The molecule has 48 valence electrons. The highest BCUT2D eigenvalue weighted by molar-refractivity contribution is 9.08. The molecule has 6 heteroatoms. The largest absolute Gasteiger partial charge is 0.382 e. The van der Waals surface area contributed by atoms with Crippen LogP contribution in [-0.2, 0) is 0 Å². The number of nitro groups is 1. The van der Waals surface area contributed by atoms with Crippen LogP contribution in [0.1, 0.15) is 0 Å². The molecule has 1 heterocycles. The molecule has 0 radical (unpaired) electrons. The highest BCUT2D eigenvalue weighted by Crippen LogP contribution is 2.06. The summed E-state index contributed by atoms with van der Waals surface area (Å²) in [5, 5.41) is 9.92. The summed E-state index contributed by atoms with van der Waals surface area (Å²) in [6.07, 6.45) is 2.57. The van der Waals surface area contributed by atoms with Crippen LogP contribution in [0.3, 0.4) is 0 Å². The highest BCUT2D eigenvalue weighted by Gasteiger charge is 2.06. The van der Waals surface area contributed by atoms with Crippen molar-refractivity contribution in [3.05, 3.63) is 22.6 Å². The summed E-state index contributed by atoms with van der Waals surface area (Å²) in [4.78, 5) is 12.8. The summed E-state index contributed by atoms with van der Waals surface area (Å²) in [7, 11) is 0. The van der Waals surface area contributed by atoms with E-state index < -0.39 is 4.92 Å². The fourth-order valence-electron chi connectivity index (χ4n) is 0.386. The fourth-order valence-corrected chi connectivity index (χ4v) is 0.660. The standard InChI is InChI=1S/C3H2BrN3O2/c4-6-1-3(5-2-6)7(8)9/h1-2H. The lowest BCUT2D eigenvalue weighted by Crippen LogP contribution is -1.85. The minimum atomic E-state index is -0.558. The van der Waals surface area contributed by atoms with Gasteiger partial charge in [-0.05, 0) is 9.91 Å². The van der Waals surface area contributed by atoms with Crippen LogP contribution in [0.4, 0.5) is 5.82 Å². The van der Waals surface area contributed by atoms with E-state index in [0.717, 1.165) is 0 Å². The number of halogens is 1. The summed E-state index contributed by atoms with van der Waals surface area (Å²) in [5.74, 6) is -0.160. The molecule has 5 nitrogen and oxygen atoms in total. The zero-order chi connectivity index (χ0) is 6.85. The molecule has 0 saturated heterocycles. The smallest absolute Gasteiger partial charge is 0.358 e. The first-order valence-corrected chi connectivity index (χ1v) is 2.75. The van der Waals surface area contributed by atoms with Gasteiger partial charge in [0.15, 0.2) is 0 Å². The third kappa shape index (κ3) is 1.26. The second kappa shape index (κ2) is 2.14. The Morgan fingerprint density at radius 1 is 1.89 bits per heavy atom. The van der Waals surface area contributed by atoms with Gasteiger partial charge in [-0.2, -0.15) is 0 Å². The first-order valence-electron chi connectivity index (χ1n) is 2.04. The minimum absolute atomic E-state index is 0.160. The van der Waals surface area contributed by atoms with Crippen molar-refractivity contribution in [3.8, 4) is 0 Å². The van der Waals surface area contributed by atoms with Crippen LogP contribution < -0.4 is 0 Å². The van der Waals surface area contributed by atoms with Crippen molar-refractivity contribution in [2.75, 3.05) is 0 Å². The fraction of sp³-hybridized carbons (Fsp3) is 0. The van der Waals surface area contributed by atoms with Gasteiger partial charge in [0.2, 0.25) is 6.33 Å². The molecule has 0 aliphatic rings. The topological polar surface area (TPSA) is 61.0 Å². The molecule has 1 aromatic heterocycles. The van der Waals surface area contributed by atoms with Gasteiger partial charge in [0.05, 0.1) is 16.1 Å². The average Bonchev–Trinajstić information content (AvgIpc) is 2.14. The maximum Gasteiger partial charge on any atom is 0.382 e. The van der Waals surface area contributed by atoms with Crippen molar-refractivity contribution in [3.63, 3.8) is 0 Å². The molecule has 0 N–H and O–H groups in total. The number of hydrogen-bond donors (Lipinski definition) is 0. The molecule has 0 spiro atoms. The van der Waals surface area contributed by atoms with E-state index in [1.807, 2.05) is 0 Å². The van der Waals surface area contributed by atoms with Crippen molar-refractivity contribution in [2.24, 2.45) is 0 Å². The summed E-state index contributed by atoms with van der Waals surface area (Å²) in [6.45, 7) is 0. The van der Waals surface area contributed by atoms with Gasteiger partial charge >= 0.3 is 5.82 Å². The third-order valence-electron chi connectivity index (χ3n) is 0.726. The van der Waals surface area contributed by atoms with Gasteiger partial charge in [-0.3, -0.25) is 0 Å². The number of imidazole rings is 1. The molecule has 0 aromatic carbocycles. The van der Waals surface area contributed by atoms with E-state index in [9.17, 15) is 10.1 Å². The Morgan fingerprint density at radius 2 is 2.56 bits per heavy atom. The third-order valence-corrected chi connectivity index (χ3v) is 1.11. The van der Waals surface area contributed by atoms with Crippen molar-refractivity contribution >= 4 is 22.0 Å². The van der Waals surface area contributed by atoms with E-state index in [4.69, 9.17) is 0 Å². The van der Waals surface area contributed by atoms with Gasteiger partial charge < -0.3 is 10.1 Å². The van der Waals surface area contributed by atoms with E-state index in [-0.39, 0.29) is 5.82 Å². The number of hydrogen-bond acceptors (Lipinski definition) is 3. The van der Waals surface area contributed by atoms with Crippen LogP contribution >= 0.6 is 16.1 Å². The van der Waals surface area contributed by atoms with Crippen LogP contribution in [0, 0.1) is 10.1 Å². The summed E-state index contributed by atoms with van der Waals surface area (Å²) >= 11 is 2.95. The van der Waals surface area contributed by atoms with Gasteiger partial charge in [-0.1, -0.05) is 0 Å². The maximum absolute atomic E-state index is 9.92. The van der Waals surface area contributed by atoms with E-state index in [1.54, 1.807) is 0 Å². The Kier molecular flexibility index (Phi) is 1.48. The van der Waals surface area contributed by atoms with Gasteiger partial charge in [-0.25, -0.2) is 3.59 Å². The van der Waals surface area contributed by atoms with Crippen LogP contribution in [-0.4, -0.2) is 13.5 Å². The molecule has 0 saturated carbocycles. The summed E-state index contributed by atoms with van der Waals surface area (Å²) in [5.41, 5.74) is 0. The molecule has 9 heavy (non-hydrogen) atoms. The second-order valence-electron chi connectivity index (χ2n) is 1.33. The Labute approximate surface area is 58.8 Å². The lowest BCUT2D eigenvalue weighted by Gasteiger charge is -1.81. The van der Waals surface area contributed by atoms with Crippen molar-refractivity contribution in [2.45, 2.75) is 0 Å². The quantitative estimate of drug-likeness (QED) is 0.491. The van der Waals surface area contributed by atoms with Gasteiger partial charge in [0, 0.05) is 0 Å². The van der Waals surface area contributed by atoms with Crippen LogP contribution in [0.15, 0.2) is 12.5 Å². The molecular weight excluding hydrogens is 190 g/mol. The predicted octanol–water partition coefficient (Wildman–Crippen LogP) is 0.949. The molecule has 0 atom stereocenters.